The van der Waals surface area contributed by atoms with Gasteiger partial charge in [0.15, 0.2) is 0 Å². The highest BCUT2D eigenvalue weighted by Gasteiger charge is 2.26. The highest BCUT2D eigenvalue weighted by Crippen LogP contribution is 2.28. The Kier molecular flexibility index (Phi) is 3.04. The van der Waals surface area contributed by atoms with Crippen molar-refractivity contribution in [2.75, 3.05) is 19.6 Å². The molecule has 1 aromatic carbocycles. The molecule has 0 aliphatic carbocycles. The van der Waals surface area contributed by atoms with E-state index in [1.807, 2.05) is 6.07 Å². The van der Waals surface area contributed by atoms with Gasteiger partial charge in [-0.3, -0.25) is 4.90 Å². The SMILES string of the molecule is N[C@@H]1CCCN(CC2Cc3ccccc3O2)C1. The second kappa shape index (κ2) is 4.67. The van der Waals surface area contributed by atoms with Gasteiger partial charge in [-0.05, 0) is 31.0 Å². The summed E-state index contributed by atoms with van der Waals surface area (Å²) in [6, 6.07) is 8.71. The number of rotatable bonds is 2. The van der Waals surface area contributed by atoms with Crippen LogP contribution < -0.4 is 10.5 Å². The average Bonchev–Trinajstić information content (AvgIpc) is 2.71. The molecule has 1 aromatic rings. The Labute approximate surface area is 103 Å². The highest BCUT2D eigenvalue weighted by atomic mass is 16.5. The van der Waals surface area contributed by atoms with Gasteiger partial charge in [-0.15, -0.1) is 0 Å². The number of benzene rings is 1. The Morgan fingerprint density at radius 2 is 2.24 bits per heavy atom. The fourth-order valence-corrected chi connectivity index (χ4v) is 2.90. The van der Waals surface area contributed by atoms with Gasteiger partial charge in [0, 0.05) is 25.6 Å². The second-order valence-corrected chi connectivity index (χ2v) is 5.21. The number of ether oxygens (including phenoxy) is 1. The minimum atomic E-state index is 0.317. The van der Waals surface area contributed by atoms with Crippen LogP contribution in [-0.4, -0.2) is 36.7 Å². The summed E-state index contributed by atoms with van der Waals surface area (Å²) in [5, 5.41) is 0. The number of likely N-dealkylation sites (tertiary alicyclic amines) is 1. The Hall–Kier alpha value is -1.06. The number of nitrogens with two attached hydrogens (primary N) is 1. The molecule has 1 fully saturated rings. The molecule has 0 aromatic heterocycles. The summed E-state index contributed by atoms with van der Waals surface area (Å²) in [5.41, 5.74) is 7.35. The van der Waals surface area contributed by atoms with Gasteiger partial charge >= 0.3 is 0 Å². The van der Waals surface area contributed by atoms with Gasteiger partial charge in [-0.1, -0.05) is 18.2 Å². The lowest BCUT2D eigenvalue weighted by molar-refractivity contribution is 0.127. The Morgan fingerprint density at radius 1 is 1.35 bits per heavy atom. The molecular formula is C14H20N2O. The Bertz CT molecular complexity index is 369. The van der Waals surface area contributed by atoms with Crippen LogP contribution in [0.2, 0.25) is 0 Å². The number of piperidine rings is 1. The number of para-hydroxylation sites is 1. The molecule has 2 N–H and O–H groups in total. The van der Waals surface area contributed by atoms with E-state index in [4.69, 9.17) is 10.5 Å². The van der Waals surface area contributed by atoms with Crippen LogP contribution in [0.1, 0.15) is 18.4 Å². The summed E-state index contributed by atoms with van der Waals surface area (Å²) in [4.78, 5) is 2.45. The zero-order chi connectivity index (χ0) is 11.7. The zero-order valence-corrected chi connectivity index (χ0v) is 10.1. The molecule has 0 bridgehead atoms. The lowest BCUT2D eigenvalue weighted by Gasteiger charge is -2.32. The van der Waals surface area contributed by atoms with Crippen molar-refractivity contribution in [3.63, 3.8) is 0 Å². The van der Waals surface area contributed by atoms with Crippen LogP contribution in [0.25, 0.3) is 0 Å². The molecule has 1 saturated heterocycles. The third kappa shape index (κ3) is 2.45. The fourth-order valence-electron chi connectivity index (χ4n) is 2.90. The summed E-state index contributed by atoms with van der Waals surface area (Å²) in [5.74, 6) is 1.07. The van der Waals surface area contributed by atoms with Crippen LogP contribution in [0, 0.1) is 0 Å². The van der Waals surface area contributed by atoms with Crippen molar-refractivity contribution in [3.05, 3.63) is 29.8 Å². The first-order chi connectivity index (χ1) is 8.31. The molecule has 2 aliphatic heterocycles. The third-order valence-corrected chi connectivity index (χ3v) is 3.72. The van der Waals surface area contributed by atoms with Gasteiger partial charge in [0.1, 0.15) is 11.9 Å². The highest BCUT2D eigenvalue weighted by molar-refractivity contribution is 5.37. The van der Waals surface area contributed by atoms with E-state index in [1.54, 1.807) is 0 Å². The van der Waals surface area contributed by atoms with Gasteiger partial charge in [0.2, 0.25) is 0 Å². The van der Waals surface area contributed by atoms with Crippen molar-refractivity contribution in [3.8, 4) is 5.75 Å². The first-order valence-electron chi connectivity index (χ1n) is 6.54. The molecule has 92 valence electrons. The van der Waals surface area contributed by atoms with E-state index in [0.717, 1.165) is 25.3 Å². The second-order valence-electron chi connectivity index (χ2n) is 5.21. The van der Waals surface area contributed by atoms with Crippen molar-refractivity contribution in [2.45, 2.75) is 31.4 Å². The predicted octanol–water partition coefficient (Wildman–Crippen LogP) is 1.41. The van der Waals surface area contributed by atoms with Gasteiger partial charge in [-0.25, -0.2) is 0 Å². The molecule has 1 unspecified atom stereocenters. The number of hydrogen-bond donors (Lipinski definition) is 1. The predicted molar refractivity (Wildman–Crippen MR) is 68.2 cm³/mol. The minimum Gasteiger partial charge on any atom is -0.488 e. The van der Waals surface area contributed by atoms with Crippen molar-refractivity contribution < 1.29 is 4.74 Å². The molecule has 0 spiro atoms. The topological polar surface area (TPSA) is 38.5 Å². The fraction of sp³-hybridized carbons (Fsp3) is 0.571. The Balaban J connectivity index is 1.58. The van der Waals surface area contributed by atoms with Crippen LogP contribution in [-0.2, 0) is 6.42 Å². The van der Waals surface area contributed by atoms with Crippen molar-refractivity contribution >= 4 is 0 Å². The van der Waals surface area contributed by atoms with Crippen LogP contribution in [0.15, 0.2) is 24.3 Å². The molecule has 3 heteroatoms. The average molecular weight is 232 g/mol. The molecule has 2 aliphatic rings. The van der Waals surface area contributed by atoms with Gasteiger partial charge < -0.3 is 10.5 Å². The van der Waals surface area contributed by atoms with Crippen molar-refractivity contribution in [1.82, 2.24) is 4.90 Å². The molecule has 2 atom stereocenters. The van der Waals surface area contributed by atoms with Gasteiger partial charge in [0.05, 0.1) is 0 Å². The van der Waals surface area contributed by atoms with E-state index in [-0.39, 0.29) is 0 Å². The summed E-state index contributed by atoms with van der Waals surface area (Å²) in [7, 11) is 0. The van der Waals surface area contributed by atoms with E-state index in [0.29, 0.717) is 12.1 Å². The number of nitrogens with zero attached hydrogens (tertiary/aromatic N) is 1. The van der Waals surface area contributed by atoms with E-state index >= 15 is 0 Å². The van der Waals surface area contributed by atoms with Crippen LogP contribution in [0.3, 0.4) is 0 Å². The lowest BCUT2D eigenvalue weighted by atomic mass is 10.1. The normalized spacial score (nSPS) is 28.8. The molecule has 0 radical (unpaired) electrons. The minimum absolute atomic E-state index is 0.317. The summed E-state index contributed by atoms with van der Waals surface area (Å²) in [6.45, 7) is 3.21. The summed E-state index contributed by atoms with van der Waals surface area (Å²) >= 11 is 0. The van der Waals surface area contributed by atoms with Crippen molar-refractivity contribution in [2.24, 2.45) is 5.73 Å². The maximum atomic E-state index is 6.00. The van der Waals surface area contributed by atoms with Crippen LogP contribution >= 0.6 is 0 Å². The van der Waals surface area contributed by atoms with Crippen molar-refractivity contribution in [1.29, 1.82) is 0 Å². The van der Waals surface area contributed by atoms with Gasteiger partial charge in [0.25, 0.3) is 0 Å². The van der Waals surface area contributed by atoms with E-state index in [2.05, 4.69) is 23.1 Å². The monoisotopic (exact) mass is 232 g/mol. The molecule has 3 rings (SSSR count). The smallest absolute Gasteiger partial charge is 0.123 e. The molecular weight excluding hydrogens is 212 g/mol. The standard InChI is InChI=1S/C14H20N2O/c15-12-5-3-7-16(9-12)10-13-8-11-4-1-2-6-14(11)17-13/h1-2,4,6,12-13H,3,5,7-10,15H2/t12-,13?/m1/s1. The maximum absolute atomic E-state index is 6.00. The number of hydrogen-bond acceptors (Lipinski definition) is 3. The molecule has 3 nitrogen and oxygen atoms in total. The van der Waals surface area contributed by atoms with Crippen LogP contribution in [0.5, 0.6) is 5.75 Å². The molecule has 0 saturated carbocycles. The first-order valence-corrected chi connectivity index (χ1v) is 6.54. The maximum Gasteiger partial charge on any atom is 0.123 e. The van der Waals surface area contributed by atoms with E-state index < -0.39 is 0 Å². The van der Waals surface area contributed by atoms with E-state index in [9.17, 15) is 0 Å². The molecule has 17 heavy (non-hydrogen) atoms. The first kappa shape index (κ1) is 11.1. The zero-order valence-electron chi connectivity index (χ0n) is 10.1. The third-order valence-electron chi connectivity index (χ3n) is 3.72. The van der Waals surface area contributed by atoms with E-state index in [1.165, 1.54) is 24.9 Å². The van der Waals surface area contributed by atoms with Gasteiger partial charge in [-0.2, -0.15) is 0 Å². The molecule has 0 amide bonds. The number of fused-ring (bicyclic) bond motifs is 1. The largest absolute Gasteiger partial charge is 0.488 e. The quantitative estimate of drug-likeness (QED) is 0.838. The summed E-state index contributed by atoms with van der Waals surface area (Å²) < 4.78 is 5.96. The molecule has 2 heterocycles. The summed E-state index contributed by atoms with van der Waals surface area (Å²) in [6.07, 6.45) is 3.75. The van der Waals surface area contributed by atoms with Crippen LogP contribution in [0.4, 0.5) is 0 Å². The lowest BCUT2D eigenvalue weighted by Crippen LogP contribution is -2.46. The Morgan fingerprint density at radius 3 is 3.06 bits per heavy atom.